The van der Waals surface area contributed by atoms with Gasteiger partial charge >= 0.3 is 6.18 Å². The van der Waals surface area contributed by atoms with Crippen molar-refractivity contribution in [3.8, 4) is 0 Å². The largest absolute Gasteiger partial charge is 0.417 e. The Morgan fingerprint density at radius 1 is 1.36 bits per heavy atom. The predicted molar refractivity (Wildman–Crippen MR) is 41.8 cm³/mol. The molecule has 2 aromatic rings. The third-order valence-electron chi connectivity index (χ3n) is 1.55. The Bertz CT molecular complexity index is 479. The van der Waals surface area contributed by atoms with E-state index in [1.165, 1.54) is 0 Å². The molecule has 0 aromatic carbocycles. The highest BCUT2D eigenvalue weighted by atomic mass is 35.5. The van der Waals surface area contributed by atoms with E-state index in [1.807, 2.05) is 0 Å². The van der Waals surface area contributed by atoms with Crippen molar-refractivity contribution in [1.29, 1.82) is 0 Å². The van der Waals surface area contributed by atoms with Gasteiger partial charge in [0.1, 0.15) is 5.52 Å². The lowest BCUT2D eigenvalue weighted by Crippen LogP contribution is -2.04. The van der Waals surface area contributed by atoms with Crippen molar-refractivity contribution in [2.45, 2.75) is 6.18 Å². The fourth-order valence-electron chi connectivity index (χ4n) is 0.952. The number of rotatable bonds is 0. The summed E-state index contributed by atoms with van der Waals surface area (Å²) in [5, 5.41) is -0.230. The number of nitrogens with zero attached hydrogens (tertiary/aromatic N) is 2. The van der Waals surface area contributed by atoms with Crippen molar-refractivity contribution >= 4 is 22.8 Å². The molecule has 14 heavy (non-hydrogen) atoms. The van der Waals surface area contributed by atoms with E-state index in [4.69, 9.17) is 16.0 Å². The van der Waals surface area contributed by atoms with E-state index in [0.717, 1.165) is 6.07 Å². The Morgan fingerprint density at radius 3 is 2.71 bits per heavy atom. The van der Waals surface area contributed by atoms with Crippen LogP contribution in [-0.4, -0.2) is 9.97 Å². The van der Waals surface area contributed by atoms with Crippen molar-refractivity contribution in [3.05, 3.63) is 23.2 Å². The van der Waals surface area contributed by atoms with E-state index in [1.54, 1.807) is 0 Å². The molecule has 2 heterocycles. The fraction of sp³-hybridized carbons (Fsp3) is 0.143. The average molecular weight is 223 g/mol. The zero-order valence-electron chi connectivity index (χ0n) is 6.47. The summed E-state index contributed by atoms with van der Waals surface area (Å²) in [5.41, 5.74) is -0.900. The molecule has 0 fully saturated rings. The van der Waals surface area contributed by atoms with E-state index in [0.29, 0.717) is 6.20 Å². The SMILES string of the molecule is FC(F)(F)c1cnc2oc(Cl)nc2c1. The first kappa shape index (κ1) is 9.26. The third-order valence-corrected chi connectivity index (χ3v) is 1.71. The minimum Gasteiger partial charge on any atom is -0.408 e. The van der Waals surface area contributed by atoms with Crippen LogP contribution in [0.5, 0.6) is 0 Å². The molecule has 0 N–H and O–H groups in total. The molecule has 3 nitrogen and oxygen atoms in total. The van der Waals surface area contributed by atoms with E-state index in [-0.39, 0.29) is 16.6 Å². The van der Waals surface area contributed by atoms with Crippen molar-refractivity contribution < 1.29 is 17.6 Å². The van der Waals surface area contributed by atoms with Crippen LogP contribution in [0.15, 0.2) is 16.7 Å². The van der Waals surface area contributed by atoms with E-state index in [9.17, 15) is 13.2 Å². The first-order chi connectivity index (χ1) is 6.47. The highest BCUT2D eigenvalue weighted by Gasteiger charge is 2.31. The van der Waals surface area contributed by atoms with E-state index in [2.05, 4.69) is 9.97 Å². The highest BCUT2D eigenvalue weighted by Crippen LogP contribution is 2.30. The van der Waals surface area contributed by atoms with Gasteiger partial charge in [-0.2, -0.15) is 18.2 Å². The van der Waals surface area contributed by atoms with Gasteiger partial charge in [0, 0.05) is 6.20 Å². The van der Waals surface area contributed by atoms with Crippen LogP contribution in [0, 0.1) is 0 Å². The van der Waals surface area contributed by atoms with Gasteiger partial charge in [-0.1, -0.05) is 0 Å². The molecular formula is C7H2ClF3N2O. The quantitative estimate of drug-likeness (QED) is 0.688. The molecule has 74 valence electrons. The molecule has 2 rings (SSSR count). The average Bonchev–Trinajstić information content (AvgIpc) is 2.41. The Kier molecular flexibility index (Phi) is 1.88. The van der Waals surface area contributed by atoms with Gasteiger partial charge in [0.2, 0.25) is 5.71 Å². The lowest BCUT2D eigenvalue weighted by atomic mass is 10.3. The number of fused-ring (bicyclic) bond motifs is 1. The van der Waals surface area contributed by atoms with Gasteiger partial charge in [0.05, 0.1) is 5.56 Å². The molecule has 0 aliphatic carbocycles. The monoisotopic (exact) mass is 222 g/mol. The third kappa shape index (κ3) is 1.52. The zero-order chi connectivity index (χ0) is 10.3. The molecule has 0 aliphatic rings. The summed E-state index contributed by atoms with van der Waals surface area (Å²) in [4.78, 5) is 6.96. The van der Waals surface area contributed by atoms with Crippen LogP contribution in [-0.2, 0) is 6.18 Å². The molecule has 2 aromatic heterocycles. The molecule has 0 bridgehead atoms. The topological polar surface area (TPSA) is 38.9 Å². The van der Waals surface area contributed by atoms with Crippen molar-refractivity contribution in [1.82, 2.24) is 9.97 Å². The van der Waals surface area contributed by atoms with Crippen LogP contribution in [0.25, 0.3) is 11.2 Å². The Labute approximate surface area is 80.5 Å². The summed E-state index contributed by atoms with van der Waals surface area (Å²) >= 11 is 5.35. The molecule has 7 heteroatoms. The molecule has 0 aliphatic heterocycles. The minimum absolute atomic E-state index is 0.00942. The smallest absolute Gasteiger partial charge is 0.408 e. The van der Waals surface area contributed by atoms with Crippen LogP contribution in [0.1, 0.15) is 5.56 Å². The normalized spacial score (nSPS) is 12.3. The van der Waals surface area contributed by atoms with Gasteiger partial charge in [-0.3, -0.25) is 0 Å². The van der Waals surface area contributed by atoms with Gasteiger partial charge in [0.25, 0.3) is 5.35 Å². The second-order valence-electron chi connectivity index (χ2n) is 2.51. The lowest BCUT2D eigenvalue weighted by Gasteiger charge is -2.03. The van der Waals surface area contributed by atoms with Crippen LogP contribution in [0.2, 0.25) is 5.35 Å². The van der Waals surface area contributed by atoms with Crippen molar-refractivity contribution in [3.63, 3.8) is 0 Å². The number of hydrogen-bond donors (Lipinski definition) is 0. The maximum atomic E-state index is 12.2. The summed E-state index contributed by atoms with van der Waals surface area (Å²) in [7, 11) is 0. The maximum Gasteiger partial charge on any atom is 0.417 e. The van der Waals surface area contributed by atoms with Crippen molar-refractivity contribution in [2.24, 2.45) is 0 Å². The molecule has 0 radical (unpaired) electrons. The summed E-state index contributed by atoms with van der Waals surface area (Å²) in [6.07, 6.45) is -3.77. The first-order valence-electron chi connectivity index (χ1n) is 3.46. The Balaban J connectivity index is 2.62. The summed E-state index contributed by atoms with van der Waals surface area (Å²) in [5.74, 6) is 0. The van der Waals surface area contributed by atoms with Gasteiger partial charge < -0.3 is 4.42 Å². The van der Waals surface area contributed by atoms with Crippen LogP contribution in [0.4, 0.5) is 13.2 Å². The number of aromatic nitrogens is 2. The maximum absolute atomic E-state index is 12.2. The van der Waals surface area contributed by atoms with Crippen LogP contribution >= 0.6 is 11.6 Å². The number of alkyl halides is 3. The van der Waals surface area contributed by atoms with Gasteiger partial charge in [-0.05, 0) is 17.7 Å². The predicted octanol–water partition coefficient (Wildman–Crippen LogP) is 2.89. The summed E-state index contributed by atoms with van der Waals surface area (Å²) < 4.78 is 41.3. The molecule has 0 saturated carbocycles. The fourth-order valence-corrected chi connectivity index (χ4v) is 1.12. The first-order valence-corrected chi connectivity index (χ1v) is 3.84. The zero-order valence-corrected chi connectivity index (χ0v) is 7.23. The van der Waals surface area contributed by atoms with E-state index < -0.39 is 11.7 Å². The molecule has 0 saturated heterocycles. The number of hydrogen-bond acceptors (Lipinski definition) is 3. The molecule has 0 atom stereocenters. The summed E-state index contributed by atoms with van der Waals surface area (Å²) in [6.45, 7) is 0. The lowest BCUT2D eigenvalue weighted by molar-refractivity contribution is -0.137. The molecular weight excluding hydrogens is 221 g/mol. The van der Waals surface area contributed by atoms with Gasteiger partial charge in [0.15, 0.2) is 0 Å². The summed E-state index contributed by atoms with van der Waals surface area (Å²) in [6, 6.07) is 0.831. The minimum atomic E-state index is -4.44. The van der Waals surface area contributed by atoms with E-state index >= 15 is 0 Å². The molecule has 0 amide bonds. The number of halogens is 4. The number of pyridine rings is 1. The molecule has 0 spiro atoms. The second-order valence-corrected chi connectivity index (χ2v) is 2.84. The Morgan fingerprint density at radius 2 is 2.07 bits per heavy atom. The highest BCUT2D eigenvalue weighted by molar-refractivity contribution is 6.28. The van der Waals surface area contributed by atoms with Crippen molar-refractivity contribution in [2.75, 3.05) is 0 Å². The Hall–Kier alpha value is -1.30. The standard InChI is InChI=1S/C7H2ClF3N2O/c8-6-13-4-1-3(7(9,10)11)2-12-5(4)14-6/h1-2H. The second kappa shape index (κ2) is 2.84. The van der Waals surface area contributed by atoms with Gasteiger partial charge in [-0.25, -0.2) is 4.98 Å². The van der Waals surface area contributed by atoms with Crippen LogP contribution in [0.3, 0.4) is 0 Å². The van der Waals surface area contributed by atoms with Gasteiger partial charge in [-0.15, -0.1) is 0 Å². The van der Waals surface area contributed by atoms with Crippen LogP contribution < -0.4 is 0 Å². The molecule has 0 unspecified atom stereocenters. The number of oxazole rings is 1.